The summed E-state index contributed by atoms with van der Waals surface area (Å²) in [6.45, 7) is 1.90. The number of nitrogens with two attached hydrogens (primary N) is 1. The van der Waals surface area contributed by atoms with Gasteiger partial charge in [0.05, 0.1) is 0 Å². The molecule has 3 rings (SSSR count). The first-order chi connectivity index (χ1) is 11.5. The van der Waals surface area contributed by atoms with Crippen molar-refractivity contribution in [1.29, 1.82) is 0 Å². The van der Waals surface area contributed by atoms with Crippen LogP contribution >= 0.6 is 11.6 Å². The van der Waals surface area contributed by atoms with Crippen LogP contribution in [-0.2, 0) is 11.2 Å². The molecule has 24 heavy (non-hydrogen) atoms. The third-order valence-corrected chi connectivity index (χ3v) is 3.89. The standard InChI is InChI=1S/C16H16ClN5O2/c1-9-6-10(2-5-15(23)19-18)16(24)14(7-9)22-20-12-4-3-11(17)8-13(12)21-22/h3-4,6-8,24H,2,5,18H2,1H3,(H,19,23). The number of halogens is 1. The van der Waals surface area contributed by atoms with Crippen LogP contribution in [0.25, 0.3) is 16.7 Å². The molecule has 7 nitrogen and oxygen atoms in total. The molecule has 4 N–H and O–H groups in total. The van der Waals surface area contributed by atoms with Crippen molar-refractivity contribution in [2.24, 2.45) is 5.84 Å². The maximum absolute atomic E-state index is 11.3. The Bertz CT molecular complexity index is 922. The largest absolute Gasteiger partial charge is 0.505 e. The van der Waals surface area contributed by atoms with Crippen LogP contribution < -0.4 is 11.3 Å². The number of carbonyl (C=O) groups excluding carboxylic acids is 1. The fourth-order valence-corrected chi connectivity index (χ4v) is 2.66. The molecule has 0 unspecified atom stereocenters. The van der Waals surface area contributed by atoms with Crippen molar-refractivity contribution in [3.63, 3.8) is 0 Å². The van der Waals surface area contributed by atoms with Crippen molar-refractivity contribution >= 4 is 28.5 Å². The smallest absolute Gasteiger partial charge is 0.234 e. The number of phenols is 1. The molecule has 0 saturated carbocycles. The summed E-state index contributed by atoms with van der Waals surface area (Å²) in [5.41, 5.74) is 5.38. The highest BCUT2D eigenvalue weighted by molar-refractivity contribution is 6.31. The van der Waals surface area contributed by atoms with Crippen LogP contribution in [-0.4, -0.2) is 26.0 Å². The van der Waals surface area contributed by atoms with E-state index in [9.17, 15) is 9.90 Å². The number of fused-ring (bicyclic) bond motifs is 1. The van der Waals surface area contributed by atoms with Gasteiger partial charge in [0.25, 0.3) is 0 Å². The van der Waals surface area contributed by atoms with E-state index in [1.807, 2.05) is 13.0 Å². The summed E-state index contributed by atoms with van der Waals surface area (Å²) in [5.74, 6) is 4.83. The van der Waals surface area contributed by atoms with Crippen LogP contribution in [0.15, 0.2) is 30.3 Å². The molecule has 0 aliphatic carbocycles. The Kier molecular flexibility index (Phi) is 4.37. The number of phenolic OH excluding ortho intramolecular Hbond substituents is 1. The molecule has 1 aromatic heterocycles. The van der Waals surface area contributed by atoms with Crippen LogP contribution in [0.3, 0.4) is 0 Å². The van der Waals surface area contributed by atoms with Crippen molar-refractivity contribution in [2.75, 3.05) is 0 Å². The summed E-state index contributed by atoms with van der Waals surface area (Å²) in [6.07, 6.45) is 0.535. The zero-order valence-electron chi connectivity index (χ0n) is 13.0. The summed E-state index contributed by atoms with van der Waals surface area (Å²) in [5, 5.41) is 19.8. The molecule has 124 valence electrons. The van der Waals surface area contributed by atoms with Gasteiger partial charge in [-0.1, -0.05) is 17.7 Å². The Morgan fingerprint density at radius 2 is 2.04 bits per heavy atom. The number of aryl methyl sites for hydroxylation is 2. The molecule has 0 radical (unpaired) electrons. The zero-order chi connectivity index (χ0) is 17.3. The van der Waals surface area contributed by atoms with Gasteiger partial charge in [-0.15, -0.1) is 15.0 Å². The number of aromatic hydroxyl groups is 1. The molecule has 1 amide bonds. The van der Waals surface area contributed by atoms with Gasteiger partial charge in [0.1, 0.15) is 22.5 Å². The Labute approximate surface area is 143 Å². The molecule has 0 spiro atoms. The molecule has 0 atom stereocenters. The highest BCUT2D eigenvalue weighted by atomic mass is 35.5. The molecule has 8 heteroatoms. The normalized spacial score (nSPS) is 11.0. The fourth-order valence-electron chi connectivity index (χ4n) is 2.49. The molecular weight excluding hydrogens is 330 g/mol. The minimum Gasteiger partial charge on any atom is -0.505 e. The Balaban J connectivity index is 2.02. The van der Waals surface area contributed by atoms with Gasteiger partial charge in [0, 0.05) is 11.4 Å². The Hall–Kier alpha value is -2.64. The fraction of sp³-hybridized carbons (Fsp3) is 0.188. The molecular formula is C16H16ClN5O2. The third kappa shape index (κ3) is 3.17. The average Bonchev–Trinajstić information content (AvgIpc) is 2.97. The van der Waals surface area contributed by atoms with Crippen LogP contribution in [0.5, 0.6) is 5.75 Å². The molecule has 0 aliphatic rings. The first kappa shape index (κ1) is 16.2. The number of carbonyl (C=O) groups is 1. The molecule has 0 aliphatic heterocycles. The van der Waals surface area contributed by atoms with Gasteiger partial charge >= 0.3 is 0 Å². The van der Waals surface area contributed by atoms with E-state index in [-0.39, 0.29) is 18.1 Å². The van der Waals surface area contributed by atoms with Gasteiger partial charge in [-0.2, -0.15) is 0 Å². The second-order valence-electron chi connectivity index (χ2n) is 5.48. The first-order valence-corrected chi connectivity index (χ1v) is 7.70. The quantitative estimate of drug-likeness (QED) is 0.381. The van der Waals surface area contributed by atoms with Crippen LogP contribution in [0.4, 0.5) is 0 Å². The number of hydrazine groups is 1. The van der Waals surface area contributed by atoms with E-state index in [1.54, 1.807) is 24.3 Å². The summed E-state index contributed by atoms with van der Waals surface area (Å²) in [7, 11) is 0. The molecule has 0 saturated heterocycles. The van der Waals surface area contributed by atoms with Crippen molar-refractivity contribution < 1.29 is 9.90 Å². The lowest BCUT2D eigenvalue weighted by Gasteiger charge is -2.10. The number of benzene rings is 2. The highest BCUT2D eigenvalue weighted by Crippen LogP contribution is 2.29. The Morgan fingerprint density at radius 1 is 1.29 bits per heavy atom. The van der Waals surface area contributed by atoms with Crippen LogP contribution in [0, 0.1) is 6.92 Å². The summed E-state index contributed by atoms with van der Waals surface area (Å²) < 4.78 is 0. The number of hydrogen-bond donors (Lipinski definition) is 3. The number of nitrogens with one attached hydrogen (secondary N) is 1. The van der Waals surface area contributed by atoms with Crippen LogP contribution in [0.2, 0.25) is 5.02 Å². The minimum absolute atomic E-state index is 0.0387. The summed E-state index contributed by atoms with van der Waals surface area (Å²) in [6, 6.07) is 8.81. The highest BCUT2D eigenvalue weighted by Gasteiger charge is 2.14. The molecule has 1 heterocycles. The maximum atomic E-state index is 11.3. The van der Waals surface area contributed by atoms with Crippen molar-refractivity contribution in [3.8, 4) is 11.4 Å². The number of aromatic nitrogens is 3. The maximum Gasteiger partial charge on any atom is 0.234 e. The van der Waals surface area contributed by atoms with Gasteiger partial charge in [-0.05, 0) is 48.7 Å². The van der Waals surface area contributed by atoms with E-state index in [1.165, 1.54) is 4.80 Å². The molecule has 3 aromatic rings. The lowest BCUT2D eigenvalue weighted by atomic mass is 10.0. The van der Waals surface area contributed by atoms with Crippen LogP contribution in [0.1, 0.15) is 17.5 Å². The van der Waals surface area contributed by atoms with Gasteiger partial charge in [-0.25, -0.2) is 5.84 Å². The second-order valence-corrected chi connectivity index (χ2v) is 5.92. The third-order valence-electron chi connectivity index (χ3n) is 3.65. The predicted molar refractivity (Wildman–Crippen MR) is 90.9 cm³/mol. The van der Waals surface area contributed by atoms with E-state index >= 15 is 0 Å². The van der Waals surface area contributed by atoms with Crippen molar-refractivity contribution in [2.45, 2.75) is 19.8 Å². The van der Waals surface area contributed by atoms with Gasteiger partial charge in [0.2, 0.25) is 5.91 Å². The topological polar surface area (TPSA) is 106 Å². The number of rotatable bonds is 4. The van der Waals surface area contributed by atoms with Gasteiger partial charge in [0.15, 0.2) is 0 Å². The van der Waals surface area contributed by atoms with Gasteiger partial charge in [-0.3, -0.25) is 10.2 Å². The second kappa shape index (κ2) is 6.46. The number of hydrogen-bond acceptors (Lipinski definition) is 5. The lowest BCUT2D eigenvalue weighted by Crippen LogP contribution is -2.30. The van der Waals surface area contributed by atoms with Crippen molar-refractivity contribution in [3.05, 3.63) is 46.5 Å². The van der Waals surface area contributed by atoms with E-state index in [0.717, 1.165) is 5.56 Å². The molecule has 0 bridgehead atoms. The van der Waals surface area contributed by atoms with Crippen molar-refractivity contribution in [1.82, 2.24) is 20.4 Å². The minimum atomic E-state index is -0.296. The van der Waals surface area contributed by atoms with E-state index in [4.69, 9.17) is 17.4 Å². The zero-order valence-corrected chi connectivity index (χ0v) is 13.7. The van der Waals surface area contributed by atoms with E-state index < -0.39 is 0 Å². The first-order valence-electron chi connectivity index (χ1n) is 7.33. The molecule has 0 fully saturated rings. The average molecular weight is 346 g/mol. The SMILES string of the molecule is Cc1cc(CCC(=O)NN)c(O)c(-n2nc3ccc(Cl)cc3n2)c1. The lowest BCUT2D eigenvalue weighted by molar-refractivity contribution is -0.121. The number of nitrogens with zero attached hydrogens (tertiary/aromatic N) is 3. The summed E-state index contributed by atoms with van der Waals surface area (Å²) in [4.78, 5) is 12.7. The monoisotopic (exact) mass is 345 g/mol. The number of amides is 1. The molecule has 2 aromatic carbocycles. The van der Waals surface area contributed by atoms with Gasteiger partial charge < -0.3 is 5.11 Å². The Morgan fingerprint density at radius 3 is 2.79 bits per heavy atom. The van der Waals surface area contributed by atoms with E-state index in [0.29, 0.717) is 33.7 Å². The predicted octanol–water partition coefficient (Wildman–Crippen LogP) is 2.01. The van der Waals surface area contributed by atoms with E-state index in [2.05, 4.69) is 15.6 Å². The summed E-state index contributed by atoms with van der Waals surface area (Å²) >= 11 is 5.97.